The van der Waals surface area contributed by atoms with E-state index in [1.54, 1.807) is 6.08 Å². The molecule has 0 amide bonds. The van der Waals surface area contributed by atoms with Gasteiger partial charge in [0.2, 0.25) is 0 Å². The molecule has 0 aliphatic carbocycles. The molecule has 0 aliphatic heterocycles. The Bertz CT molecular complexity index is 314. The van der Waals surface area contributed by atoms with Crippen LogP contribution in [-0.2, 0) is 4.79 Å². The van der Waals surface area contributed by atoms with Crippen molar-refractivity contribution >= 4 is 25.2 Å². The van der Waals surface area contributed by atoms with E-state index in [-0.39, 0.29) is 20.7 Å². The number of rotatable bonds is 4. The standard InChI is InChI=1S/C11H10OSe/c1-2-10(12)8-9-13-11-6-4-3-5-7-11/h2-9H,1H2. The van der Waals surface area contributed by atoms with Crippen LogP contribution in [0.3, 0.4) is 0 Å². The molecule has 0 saturated heterocycles. The van der Waals surface area contributed by atoms with E-state index in [0.717, 1.165) is 0 Å². The van der Waals surface area contributed by atoms with Crippen molar-refractivity contribution in [1.29, 1.82) is 0 Å². The second-order valence-corrected chi connectivity index (χ2v) is 4.39. The molecule has 13 heavy (non-hydrogen) atoms. The third-order valence-electron chi connectivity index (χ3n) is 1.38. The van der Waals surface area contributed by atoms with E-state index in [1.807, 2.05) is 23.2 Å². The van der Waals surface area contributed by atoms with Crippen LogP contribution in [-0.4, -0.2) is 20.7 Å². The first-order valence-corrected chi connectivity index (χ1v) is 5.72. The molecule has 1 aromatic carbocycles. The van der Waals surface area contributed by atoms with Crippen molar-refractivity contribution in [1.82, 2.24) is 0 Å². The van der Waals surface area contributed by atoms with Crippen LogP contribution >= 0.6 is 0 Å². The molecule has 0 saturated carbocycles. The molecule has 66 valence electrons. The molecule has 1 rings (SSSR count). The van der Waals surface area contributed by atoms with Gasteiger partial charge in [0.05, 0.1) is 0 Å². The van der Waals surface area contributed by atoms with E-state index in [4.69, 9.17) is 0 Å². The van der Waals surface area contributed by atoms with E-state index in [1.165, 1.54) is 10.5 Å². The van der Waals surface area contributed by atoms with Crippen LogP contribution in [0.1, 0.15) is 0 Å². The Labute approximate surface area is 84.3 Å². The van der Waals surface area contributed by atoms with Crippen molar-refractivity contribution in [3.8, 4) is 0 Å². The van der Waals surface area contributed by atoms with Crippen molar-refractivity contribution in [2.75, 3.05) is 0 Å². The number of hydrogen-bond acceptors (Lipinski definition) is 1. The number of carbonyl (C=O) groups is 1. The quantitative estimate of drug-likeness (QED) is 0.569. The molecule has 0 spiro atoms. The first-order chi connectivity index (χ1) is 6.33. The third-order valence-corrected chi connectivity index (χ3v) is 3.09. The van der Waals surface area contributed by atoms with Gasteiger partial charge in [0.15, 0.2) is 0 Å². The van der Waals surface area contributed by atoms with Crippen LogP contribution in [0, 0.1) is 0 Å². The zero-order valence-electron chi connectivity index (χ0n) is 7.14. The van der Waals surface area contributed by atoms with E-state index < -0.39 is 0 Å². The summed E-state index contributed by atoms with van der Waals surface area (Å²) in [6.07, 6.45) is 2.89. The van der Waals surface area contributed by atoms with Gasteiger partial charge < -0.3 is 0 Å². The molecule has 0 heterocycles. The van der Waals surface area contributed by atoms with Crippen LogP contribution in [0.4, 0.5) is 0 Å². The summed E-state index contributed by atoms with van der Waals surface area (Å²) in [6, 6.07) is 10.1. The maximum atomic E-state index is 10.8. The summed E-state index contributed by atoms with van der Waals surface area (Å²) >= 11 is 0.250. The number of allylic oxidation sites excluding steroid dienone is 2. The molecule has 0 atom stereocenters. The van der Waals surface area contributed by atoms with Crippen LogP contribution in [0.25, 0.3) is 0 Å². The monoisotopic (exact) mass is 238 g/mol. The Kier molecular flexibility index (Phi) is 4.24. The molecule has 0 aliphatic rings. The summed E-state index contributed by atoms with van der Waals surface area (Å²) in [5, 5.41) is 0. The number of benzene rings is 1. The minimum absolute atomic E-state index is 0.0298. The van der Waals surface area contributed by atoms with Gasteiger partial charge in [-0.25, -0.2) is 0 Å². The van der Waals surface area contributed by atoms with Crippen molar-refractivity contribution < 1.29 is 4.79 Å². The molecule has 1 aromatic rings. The van der Waals surface area contributed by atoms with E-state index >= 15 is 0 Å². The maximum absolute atomic E-state index is 10.8. The van der Waals surface area contributed by atoms with Gasteiger partial charge in [0.25, 0.3) is 0 Å². The first-order valence-electron chi connectivity index (χ1n) is 3.87. The molecule has 0 radical (unpaired) electrons. The zero-order valence-corrected chi connectivity index (χ0v) is 8.86. The van der Waals surface area contributed by atoms with E-state index in [9.17, 15) is 4.79 Å². The number of ketones is 1. The average molecular weight is 237 g/mol. The molecule has 0 aromatic heterocycles. The van der Waals surface area contributed by atoms with Crippen LogP contribution in [0.2, 0.25) is 0 Å². The Morgan fingerprint density at radius 1 is 1.31 bits per heavy atom. The summed E-state index contributed by atoms with van der Waals surface area (Å²) in [5.41, 5.74) is 0. The van der Waals surface area contributed by atoms with Crippen molar-refractivity contribution in [2.45, 2.75) is 0 Å². The van der Waals surface area contributed by atoms with Crippen molar-refractivity contribution in [3.63, 3.8) is 0 Å². The van der Waals surface area contributed by atoms with Crippen molar-refractivity contribution in [3.05, 3.63) is 54.0 Å². The molecular weight excluding hydrogens is 227 g/mol. The van der Waals surface area contributed by atoms with Crippen molar-refractivity contribution in [2.24, 2.45) is 0 Å². The van der Waals surface area contributed by atoms with Gasteiger partial charge >= 0.3 is 84.0 Å². The number of carbonyl (C=O) groups excluding carboxylic acids is 1. The molecule has 0 fully saturated rings. The number of hydrogen-bond donors (Lipinski definition) is 0. The molecule has 0 N–H and O–H groups in total. The Morgan fingerprint density at radius 2 is 2.00 bits per heavy atom. The Hall–Kier alpha value is -1.11. The van der Waals surface area contributed by atoms with E-state index in [0.29, 0.717) is 0 Å². The van der Waals surface area contributed by atoms with Gasteiger partial charge in [-0.05, 0) is 0 Å². The minimum atomic E-state index is -0.0298. The Balaban J connectivity index is 2.48. The molecule has 0 unspecified atom stereocenters. The van der Waals surface area contributed by atoms with Gasteiger partial charge in [-0.2, -0.15) is 0 Å². The summed E-state index contributed by atoms with van der Waals surface area (Å²) in [4.78, 5) is 12.7. The van der Waals surface area contributed by atoms with Gasteiger partial charge in [-0.15, -0.1) is 0 Å². The van der Waals surface area contributed by atoms with Gasteiger partial charge in [-0.3, -0.25) is 0 Å². The second-order valence-electron chi connectivity index (χ2n) is 2.34. The van der Waals surface area contributed by atoms with Gasteiger partial charge in [-0.1, -0.05) is 0 Å². The molecule has 1 nitrogen and oxygen atoms in total. The topological polar surface area (TPSA) is 17.1 Å². The first kappa shape index (κ1) is 9.97. The van der Waals surface area contributed by atoms with Crippen LogP contribution < -0.4 is 4.46 Å². The van der Waals surface area contributed by atoms with Crippen LogP contribution in [0.5, 0.6) is 0 Å². The summed E-state index contributed by atoms with van der Waals surface area (Å²) < 4.78 is 1.27. The molecule has 2 heteroatoms. The predicted octanol–water partition coefficient (Wildman–Crippen LogP) is 1.28. The zero-order chi connectivity index (χ0) is 9.52. The summed E-state index contributed by atoms with van der Waals surface area (Å²) in [5.74, 6) is -0.0298. The second kappa shape index (κ2) is 5.52. The molecular formula is C11H10OSe. The fourth-order valence-corrected chi connectivity index (χ4v) is 2.16. The molecule has 0 bridgehead atoms. The van der Waals surface area contributed by atoms with Crippen LogP contribution in [0.15, 0.2) is 54.0 Å². The predicted molar refractivity (Wildman–Crippen MR) is 56.2 cm³/mol. The third kappa shape index (κ3) is 3.88. The van der Waals surface area contributed by atoms with E-state index in [2.05, 4.69) is 18.7 Å². The fourth-order valence-electron chi connectivity index (χ4n) is 0.747. The Morgan fingerprint density at radius 3 is 2.62 bits per heavy atom. The van der Waals surface area contributed by atoms with Gasteiger partial charge in [0.1, 0.15) is 0 Å². The normalized spacial score (nSPS) is 10.2. The van der Waals surface area contributed by atoms with Gasteiger partial charge in [0, 0.05) is 0 Å². The SMILES string of the molecule is C=CC(=O)C=C[Se]c1ccccc1. The fraction of sp³-hybridized carbons (Fsp3) is 0. The summed E-state index contributed by atoms with van der Waals surface area (Å²) in [7, 11) is 0. The summed E-state index contributed by atoms with van der Waals surface area (Å²) in [6.45, 7) is 3.39. The average Bonchev–Trinajstić information content (AvgIpc) is 2.19.